The third-order valence-corrected chi connectivity index (χ3v) is 3.82. The first-order chi connectivity index (χ1) is 6.70. The van der Waals surface area contributed by atoms with Crippen LogP contribution in [0.4, 0.5) is 0 Å². The van der Waals surface area contributed by atoms with Crippen LogP contribution in [0.1, 0.15) is 38.5 Å². The molecule has 0 radical (unpaired) electrons. The van der Waals surface area contributed by atoms with Crippen LogP contribution in [-0.4, -0.2) is 18.9 Å². The quantitative estimate of drug-likeness (QED) is 0.599. The predicted octanol–water partition coefficient (Wildman–Crippen LogP) is 1.70. The van der Waals surface area contributed by atoms with Crippen molar-refractivity contribution in [2.24, 2.45) is 11.3 Å². The molecule has 0 aromatic rings. The summed E-state index contributed by atoms with van der Waals surface area (Å²) in [5, 5.41) is 0. The molecule has 2 rings (SSSR count). The highest BCUT2D eigenvalue weighted by atomic mass is 16.5. The molecule has 2 atom stereocenters. The van der Waals surface area contributed by atoms with Gasteiger partial charge in [-0.05, 0) is 25.7 Å². The van der Waals surface area contributed by atoms with Gasteiger partial charge in [0, 0.05) is 12.3 Å². The molecule has 0 aliphatic heterocycles. The zero-order chi connectivity index (χ0) is 10.2. The molecular formula is C11H16O3. The van der Waals surface area contributed by atoms with Crippen LogP contribution in [0.3, 0.4) is 0 Å². The van der Waals surface area contributed by atoms with Gasteiger partial charge in [-0.1, -0.05) is 6.42 Å². The van der Waals surface area contributed by atoms with Crippen molar-refractivity contribution >= 4 is 11.8 Å². The Morgan fingerprint density at radius 1 is 1.43 bits per heavy atom. The second-order valence-electron chi connectivity index (χ2n) is 4.41. The first-order valence-corrected chi connectivity index (χ1v) is 5.32. The van der Waals surface area contributed by atoms with Gasteiger partial charge in [0.15, 0.2) is 0 Å². The van der Waals surface area contributed by atoms with Crippen LogP contribution in [0.15, 0.2) is 0 Å². The van der Waals surface area contributed by atoms with Gasteiger partial charge < -0.3 is 4.74 Å². The van der Waals surface area contributed by atoms with Crippen molar-refractivity contribution in [1.29, 1.82) is 0 Å². The standard InChI is InChI=1S/C11H16O3/c1-14-10(13)11-6-3-2-4-9(12)8(11)5-7-11/h8H,2-7H2,1H3/t8-,11+/m1/s1. The summed E-state index contributed by atoms with van der Waals surface area (Å²) in [4.78, 5) is 23.4. The van der Waals surface area contributed by atoms with E-state index < -0.39 is 5.41 Å². The lowest BCUT2D eigenvalue weighted by molar-refractivity contribution is -0.169. The molecule has 0 aromatic carbocycles. The second-order valence-corrected chi connectivity index (χ2v) is 4.41. The van der Waals surface area contributed by atoms with Gasteiger partial charge >= 0.3 is 5.97 Å². The number of fused-ring (bicyclic) bond motifs is 1. The van der Waals surface area contributed by atoms with Crippen LogP contribution in [0.2, 0.25) is 0 Å². The van der Waals surface area contributed by atoms with Crippen molar-refractivity contribution < 1.29 is 14.3 Å². The van der Waals surface area contributed by atoms with Crippen LogP contribution in [0, 0.1) is 11.3 Å². The summed E-state index contributed by atoms with van der Waals surface area (Å²) < 4.78 is 4.83. The highest BCUT2D eigenvalue weighted by Gasteiger charge is 2.56. The van der Waals surface area contributed by atoms with Gasteiger partial charge in [-0.15, -0.1) is 0 Å². The zero-order valence-electron chi connectivity index (χ0n) is 8.54. The first-order valence-electron chi connectivity index (χ1n) is 5.32. The summed E-state index contributed by atoms with van der Waals surface area (Å²) in [5.74, 6) is 0.0839. The summed E-state index contributed by atoms with van der Waals surface area (Å²) in [5.41, 5.74) is -0.428. The number of methoxy groups -OCH3 is 1. The average Bonchev–Trinajstić information content (AvgIpc) is 2.24. The molecule has 0 N–H and O–H groups in total. The van der Waals surface area contributed by atoms with Gasteiger partial charge in [0.05, 0.1) is 12.5 Å². The number of hydrogen-bond acceptors (Lipinski definition) is 3. The number of rotatable bonds is 1. The molecule has 0 aromatic heterocycles. The minimum Gasteiger partial charge on any atom is -0.469 e. The molecule has 2 aliphatic rings. The zero-order valence-corrected chi connectivity index (χ0v) is 8.54. The third kappa shape index (κ3) is 1.18. The summed E-state index contributed by atoms with van der Waals surface area (Å²) in [6.45, 7) is 0. The van der Waals surface area contributed by atoms with E-state index in [2.05, 4.69) is 0 Å². The summed E-state index contributed by atoms with van der Waals surface area (Å²) in [7, 11) is 1.42. The Morgan fingerprint density at radius 3 is 2.79 bits per heavy atom. The molecule has 0 heterocycles. The smallest absolute Gasteiger partial charge is 0.312 e. The maximum Gasteiger partial charge on any atom is 0.312 e. The molecule has 0 amide bonds. The number of hydrogen-bond donors (Lipinski definition) is 0. The summed E-state index contributed by atoms with van der Waals surface area (Å²) >= 11 is 0. The Labute approximate surface area is 83.8 Å². The number of ether oxygens (including phenoxy) is 1. The number of carbonyl (C=O) groups excluding carboxylic acids is 2. The van der Waals surface area contributed by atoms with Gasteiger partial charge in [0.1, 0.15) is 5.78 Å². The van der Waals surface area contributed by atoms with Crippen LogP contribution in [0.25, 0.3) is 0 Å². The fraction of sp³-hybridized carbons (Fsp3) is 0.818. The minimum atomic E-state index is -0.428. The predicted molar refractivity (Wildman–Crippen MR) is 50.6 cm³/mol. The van der Waals surface area contributed by atoms with Gasteiger partial charge in [-0.25, -0.2) is 0 Å². The molecule has 3 nitrogen and oxygen atoms in total. The van der Waals surface area contributed by atoms with E-state index in [9.17, 15) is 9.59 Å². The molecule has 0 spiro atoms. The topological polar surface area (TPSA) is 43.4 Å². The first kappa shape index (κ1) is 9.69. The molecule has 0 bridgehead atoms. The highest BCUT2D eigenvalue weighted by Crippen LogP contribution is 2.53. The fourth-order valence-electron chi connectivity index (χ4n) is 2.87. The lowest BCUT2D eigenvalue weighted by Crippen LogP contribution is -2.50. The normalized spacial score (nSPS) is 36.6. The molecule has 2 aliphatic carbocycles. The van der Waals surface area contributed by atoms with E-state index in [-0.39, 0.29) is 17.7 Å². The molecule has 0 saturated heterocycles. The van der Waals surface area contributed by atoms with E-state index in [1.807, 2.05) is 0 Å². The molecule has 14 heavy (non-hydrogen) atoms. The Kier molecular flexibility index (Phi) is 2.33. The van der Waals surface area contributed by atoms with Crippen LogP contribution in [0.5, 0.6) is 0 Å². The number of carbonyl (C=O) groups is 2. The van der Waals surface area contributed by atoms with Gasteiger partial charge in [-0.3, -0.25) is 9.59 Å². The van der Waals surface area contributed by atoms with Crippen molar-refractivity contribution in [2.75, 3.05) is 7.11 Å². The molecule has 3 heteroatoms. The van der Waals surface area contributed by atoms with Gasteiger partial charge in [0.2, 0.25) is 0 Å². The minimum absolute atomic E-state index is 0.0301. The molecule has 2 fully saturated rings. The van der Waals surface area contributed by atoms with Crippen molar-refractivity contribution in [3.63, 3.8) is 0 Å². The lowest BCUT2D eigenvalue weighted by Gasteiger charge is -2.45. The Morgan fingerprint density at radius 2 is 2.21 bits per heavy atom. The number of esters is 1. The fourth-order valence-corrected chi connectivity index (χ4v) is 2.87. The number of Topliss-reactive ketones (excluding diaryl/α,β-unsaturated/α-hetero) is 1. The Bertz CT molecular complexity index is 272. The SMILES string of the molecule is COC(=O)[C@]12CCCCC(=O)[C@H]1CC2. The second kappa shape index (κ2) is 3.37. The van der Waals surface area contributed by atoms with Gasteiger partial charge in [0.25, 0.3) is 0 Å². The molecule has 0 unspecified atom stereocenters. The van der Waals surface area contributed by atoms with Crippen LogP contribution in [-0.2, 0) is 14.3 Å². The van der Waals surface area contributed by atoms with Crippen molar-refractivity contribution in [1.82, 2.24) is 0 Å². The van der Waals surface area contributed by atoms with Crippen LogP contribution >= 0.6 is 0 Å². The highest BCUT2D eigenvalue weighted by molar-refractivity contribution is 5.91. The maximum absolute atomic E-state index is 11.7. The number of ketones is 1. The van der Waals surface area contributed by atoms with E-state index in [1.54, 1.807) is 0 Å². The van der Waals surface area contributed by atoms with E-state index in [0.717, 1.165) is 32.1 Å². The monoisotopic (exact) mass is 196 g/mol. The Balaban J connectivity index is 2.23. The van der Waals surface area contributed by atoms with Crippen molar-refractivity contribution in [2.45, 2.75) is 38.5 Å². The van der Waals surface area contributed by atoms with Crippen molar-refractivity contribution in [3.8, 4) is 0 Å². The lowest BCUT2D eigenvalue weighted by atomic mass is 9.57. The summed E-state index contributed by atoms with van der Waals surface area (Å²) in [6, 6.07) is 0. The largest absolute Gasteiger partial charge is 0.469 e. The van der Waals surface area contributed by atoms with E-state index >= 15 is 0 Å². The molecule has 2 saturated carbocycles. The van der Waals surface area contributed by atoms with Gasteiger partial charge in [-0.2, -0.15) is 0 Å². The maximum atomic E-state index is 11.7. The van der Waals surface area contributed by atoms with E-state index in [4.69, 9.17) is 4.74 Å². The average molecular weight is 196 g/mol. The van der Waals surface area contributed by atoms with Crippen LogP contribution < -0.4 is 0 Å². The Hall–Kier alpha value is -0.860. The van der Waals surface area contributed by atoms with Crippen molar-refractivity contribution in [3.05, 3.63) is 0 Å². The third-order valence-electron chi connectivity index (χ3n) is 3.82. The summed E-state index contributed by atoms with van der Waals surface area (Å²) in [6.07, 6.45) is 5.15. The molecule has 78 valence electrons. The van der Waals surface area contributed by atoms with E-state index in [1.165, 1.54) is 7.11 Å². The molecular weight excluding hydrogens is 180 g/mol. The van der Waals surface area contributed by atoms with E-state index in [0.29, 0.717) is 6.42 Å².